The summed E-state index contributed by atoms with van der Waals surface area (Å²) < 4.78 is 31.5. The first-order valence-electron chi connectivity index (χ1n) is 6.88. The van der Waals surface area contributed by atoms with E-state index in [9.17, 15) is 13.2 Å². The minimum atomic E-state index is -3.38. The highest BCUT2D eigenvalue weighted by atomic mass is 32.2. The van der Waals surface area contributed by atoms with Gasteiger partial charge < -0.3 is 10.1 Å². The van der Waals surface area contributed by atoms with Gasteiger partial charge in [0.25, 0.3) is 0 Å². The summed E-state index contributed by atoms with van der Waals surface area (Å²) in [4.78, 5) is 11.3. The van der Waals surface area contributed by atoms with Gasteiger partial charge in [-0.15, -0.1) is 0 Å². The lowest BCUT2D eigenvalue weighted by Crippen LogP contribution is -2.45. The van der Waals surface area contributed by atoms with Gasteiger partial charge in [-0.25, -0.2) is 17.9 Å². The molecule has 0 amide bonds. The molecule has 2 rings (SSSR count). The molecule has 1 aromatic rings. The van der Waals surface area contributed by atoms with E-state index < -0.39 is 16.0 Å². The summed E-state index contributed by atoms with van der Waals surface area (Å²) in [6.07, 6.45) is 1.83. The standard InChI is InChI=1S/C14H20N2O4S/c1-20-14(17)12-6-4-11(5-7-12)10-21(18,19)16-13-3-2-8-15-9-13/h4-7,13,15-16H,2-3,8-10H2,1H3/t13-/m0/s1. The van der Waals surface area contributed by atoms with Gasteiger partial charge in [0.05, 0.1) is 18.4 Å². The highest BCUT2D eigenvalue weighted by molar-refractivity contribution is 7.88. The molecule has 1 aliphatic heterocycles. The number of sulfonamides is 1. The quantitative estimate of drug-likeness (QED) is 0.780. The predicted octanol–water partition coefficient (Wildman–Crippen LogP) is 0.645. The summed E-state index contributed by atoms with van der Waals surface area (Å²) in [7, 11) is -2.07. The second kappa shape index (κ2) is 7.02. The topological polar surface area (TPSA) is 84.5 Å². The Morgan fingerprint density at radius 3 is 2.67 bits per heavy atom. The fraction of sp³-hybridized carbons (Fsp3) is 0.500. The molecule has 0 bridgehead atoms. The van der Waals surface area contributed by atoms with Crippen LogP contribution in [-0.4, -0.2) is 40.6 Å². The van der Waals surface area contributed by atoms with Gasteiger partial charge in [-0.05, 0) is 37.1 Å². The Morgan fingerprint density at radius 2 is 2.10 bits per heavy atom. The zero-order chi connectivity index (χ0) is 15.3. The monoisotopic (exact) mass is 312 g/mol. The Labute approximate surface area is 124 Å². The molecule has 1 fully saturated rings. The maximum absolute atomic E-state index is 12.1. The third-order valence-corrected chi connectivity index (χ3v) is 4.78. The van der Waals surface area contributed by atoms with Crippen molar-refractivity contribution in [1.29, 1.82) is 0 Å². The van der Waals surface area contributed by atoms with Gasteiger partial charge in [-0.3, -0.25) is 0 Å². The molecule has 1 heterocycles. The minimum absolute atomic E-state index is 0.0434. The van der Waals surface area contributed by atoms with E-state index in [-0.39, 0.29) is 11.8 Å². The molecular formula is C14H20N2O4S. The summed E-state index contributed by atoms with van der Waals surface area (Å²) in [6, 6.07) is 6.35. The Kier molecular flexibility index (Phi) is 5.33. The summed E-state index contributed by atoms with van der Waals surface area (Å²) in [5.74, 6) is -0.527. The lowest BCUT2D eigenvalue weighted by atomic mass is 10.1. The van der Waals surface area contributed by atoms with E-state index in [0.29, 0.717) is 17.7 Å². The molecule has 0 spiro atoms. The number of benzene rings is 1. The highest BCUT2D eigenvalue weighted by Crippen LogP contribution is 2.10. The van der Waals surface area contributed by atoms with Crippen LogP contribution in [0.25, 0.3) is 0 Å². The Bertz CT molecular complexity index is 577. The molecule has 0 radical (unpaired) electrons. The lowest BCUT2D eigenvalue weighted by Gasteiger charge is -2.23. The van der Waals surface area contributed by atoms with Gasteiger partial charge >= 0.3 is 5.97 Å². The first-order valence-corrected chi connectivity index (χ1v) is 8.53. The first kappa shape index (κ1) is 15.9. The van der Waals surface area contributed by atoms with Crippen LogP contribution >= 0.6 is 0 Å². The van der Waals surface area contributed by atoms with Crippen LogP contribution in [0, 0.1) is 0 Å². The van der Waals surface area contributed by atoms with Crippen molar-refractivity contribution < 1.29 is 17.9 Å². The van der Waals surface area contributed by atoms with Crippen molar-refractivity contribution in [3.05, 3.63) is 35.4 Å². The number of hydrogen-bond acceptors (Lipinski definition) is 5. The second-order valence-corrected chi connectivity index (χ2v) is 6.86. The van der Waals surface area contributed by atoms with E-state index >= 15 is 0 Å². The fourth-order valence-corrected chi connectivity index (χ4v) is 3.75. The summed E-state index contributed by atoms with van der Waals surface area (Å²) in [5, 5.41) is 3.17. The van der Waals surface area contributed by atoms with E-state index in [0.717, 1.165) is 19.4 Å². The van der Waals surface area contributed by atoms with Crippen LogP contribution in [-0.2, 0) is 20.5 Å². The molecule has 7 heteroatoms. The molecular weight excluding hydrogens is 292 g/mol. The van der Waals surface area contributed by atoms with Gasteiger partial charge in [-0.2, -0.15) is 0 Å². The van der Waals surface area contributed by atoms with E-state index in [2.05, 4.69) is 14.8 Å². The van der Waals surface area contributed by atoms with Crippen LogP contribution in [0.3, 0.4) is 0 Å². The third-order valence-electron chi connectivity index (χ3n) is 3.37. The molecule has 1 atom stereocenters. The average molecular weight is 312 g/mol. The molecule has 0 unspecified atom stereocenters. The summed E-state index contributed by atoms with van der Waals surface area (Å²) in [6.45, 7) is 1.60. The number of esters is 1. The van der Waals surface area contributed by atoms with Gasteiger partial charge in [-0.1, -0.05) is 12.1 Å². The van der Waals surface area contributed by atoms with Gasteiger partial charge in [0.1, 0.15) is 0 Å². The van der Waals surface area contributed by atoms with Crippen LogP contribution in [0.2, 0.25) is 0 Å². The predicted molar refractivity (Wildman–Crippen MR) is 79.4 cm³/mol. The second-order valence-electron chi connectivity index (χ2n) is 5.11. The van der Waals surface area contributed by atoms with Gasteiger partial charge in [0, 0.05) is 12.6 Å². The third kappa shape index (κ3) is 4.80. The van der Waals surface area contributed by atoms with E-state index in [1.54, 1.807) is 24.3 Å². The molecule has 0 aromatic heterocycles. The summed E-state index contributed by atoms with van der Waals surface area (Å²) >= 11 is 0. The Balaban J connectivity index is 1.97. The van der Waals surface area contributed by atoms with Crippen LogP contribution in [0.15, 0.2) is 24.3 Å². The molecule has 116 valence electrons. The van der Waals surface area contributed by atoms with Crippen LogP contribution in [0.4, 0.5) is 0 Å². The van der Waals surface area contributed by atoms with Crippen LogP contribution < -0.4 is 10.0 Å². The van der Waals surface area contributed by atoms with Gasteiger partial charge in [0.15, 0.2) is 0 Å². The lowest BCUT2D eigenvalue weighted by molar-refractivity contribution is 0.0600. The number of rotatable bonds is 5. The number of hydrogen-bond donors (Lipinski definition) is 2. The van der Waals surface area contributed by atoms with Crippen molar-refractivity contribution in [2.45, 2.75) is 24.6 Å². The molecule has 1 saturated heterocycles. The SMILES string of the molecule is COC(=O)c1ccc(CS(=O)(=O)N[C@H]2CCCNC2)cc1. The molecule has 1 aromatic carbocycles. The van der Waals surface area contributed by atoms with Crippen LogP contribution in [0.5, 0.6) is 0 Å². The normalized spacial score (nSPS) is 19.2. The Hall–Kier alpha value is -1.44. The van der Waals surface area contributed by atoms with E-state index in [1.807, 2.05) is 0 Å². The highest BCUT2D eigenvalue weighted by Gasteiger charge is 2.20. The first-order chi connectivity index (χ1) is 10.00. The fourth-order valence-electron chi connectivity index (χ4n) is 2.32. The Morgan fingerprint density at radius 1 is 1.38 bits per heavy atom. The van der Waals surface area contributed by atoms with Crippen LogP contribution in [0.1, 0.15) is 28.8 Å². The van der Waals surface area contributed by atoms with Crippen molar-refractivity contribution in [3.63, 3.8) is 0 Å². The largest absolute Gasteiger partial charge is 0.465 e. The maximum Gasteiger partial charge on any atom is 0.337 e. The van der Waals surface area contributed by atoms with E-state index in [4.69, 9.17) is 0 Å². The molecule has 6 nitrogen and oxygen atoms in total. The molecule has 0 aliphatic carbocycles. The number of methoxy groups -OCH3 is 1. The van der Waals surface area contributed by atoms with E-state index in [1.165, 1.54) is 7.11 Å². The smallest absolute Gasteiger partial charge is 0.337 e. The van der Waals surface area contributed by atoms with Crippen molar-refractivity contribution in [2.24, 2.45) is 0 Å². The number of piperidine rings is 1. The van der Waals surface area contributed by atoms with Crippen molar-refractivity contribution in [2.75, 3.05) is 20.2 Å². The average Bonchev–Trinajstić information content (AvgIpc) is 2.47. The van der Waals surface area contributed by atoms with Crippen molar-refractivity contribution in [3.8, 4) is 0 Å². The minimum Gasteiger partial charge on any atom is -0.465 e. The molecule has 21 heavy (non-hydrogen) atoms. The van der Waals surface area contributed by atoms with Crippen molar-refractivity contribution >= 4 is 16.0 Å². The number of nitrogens with one attached hydrogen (secondary N) is 2. The molecule has 0 saturated carbocycles. The number of ether oxygens (including phenoxy) is 1. The maximum atomic E-state index is 12.1. The number of carbonyl (C=O) groups is 1. The zero-order valence-electron chi connectivity index (χ0n) is 12.0. The summed E-state index contributed by atoms with van der Waals surface area (Å²) in [5.41, 5.74) is 1.04. The van der Waals surface area contributed by atoms with Crippen molar-refractivity contribution in [1.82, 2.24) is 10.0 Å². The number of carbonyl (C=O) groups excluding carboxylic acids is 1. The zero-order valence-corrected chi connectivity index (χ0v) is 12.8. The van der Waals surface area contributed by atoms with Gasteiger partial charge in [0.2, 0.25) is 10.0 Å². The molecule has 1 aliphatic rings. The molecule has 2 N–H and O–H groups in total.